The second kappa shape index (κ2) is 13.9. The van der Waals surface area contributed by atoms with E-state index >= 15 is 0 Å². The van der Waals surface area contributed by atoms with E-state index in [4.69, 9.17) is 4.74 Å². The molecular formula is C16H32O3. The van der Waals surface area contributed by atoms with E-state index in [2.05, 4.69) is 6.92 Å². The Morgan fingerprint density at radius 2 is 1.68 bits per heavy atom. The molecule has 0 rings (SSSR count). The molecule has 0 bridgehead atoms. The van der Waals surface area contributed by atoms with Crippen molar-refractivity contribution in [1.29, 1.82) is 0 Å². The van der Waals surface area contributed by atoms with E-state index in [0.29, 0.717) is 13.0 Å². The van der Waals surface area contributed by atoms with Crippen LogP contribution in [0.4, 0.5) is 0 Å². The van der Waals surface area contributed by atoms with Gasteiger partial charge in [0.2, 0.25) is 0 Å². The van der Waals surface area contributed by atoms with Crippen molar-refractivity contribution in [1.82, 2.24) is 0 Å². The molecule has 0 aliphatic carbocycles. The molecule has 19 heavy (non-hydrogen) atoms. The summed E-state index contributed by atoms with van der Waals surface area (Å²) in [6.45, 7) is 4.75. The van der Waals surface area contributed by atoms with E-state index < -0.39 is 0 Å². The molecule has 3 heteroatoms. The third kappa shape index (κ3) is 13.7. The van der Waals surface area contributed by atoms with Crippen molar-refractivity contribution in [2.24, 2.45) is 0 Å². The predicted molar refractivity (Wildman–Crippen MR) is 79.1 cm³/mol. The molecule has 114 valence electrons. The highest BCUT2D eigenvalue weighted by atomic mass is 16.5. The molecule has 0 aliphatic heterocycles. The van der Waals surface area contributed by atoms with Crippen LogP contribution < -0.4 is 0 Å². The molecule has 3 nitrogen and oxygen atoms in total. The van der Waals surface area contributed by atoms with E-state index in [9.17, 15) is 9.90 Å². The third-order valence-electron chi connectivity index (χ3n) is 3.40. The molecule has 1 N–H and O–H groups in total. The number of unbranched alkanes of at least 4 members (excludes halogenated alkanes) is 6. The summed E-state index contributed by atoms with van der Waals surface area (Å²) in [6, 6.07) is 0. The summed E-state index contributed by atoms with van der Waals surface area (Å²) in [4.78, 5) is 11.4. The van der Waals surface area contributed by atoms with E-state index in [1.807, 2.05) is 6.92 Å². The summed E-state index contributed by atoms with van der Waals surface area (Å²) in [7, 11) is 0. The maximum atomic E-state index is 11.4. The average Bonchev–Trinajstić information content (AvgIpc) is 2.42. The summed E-state index contributed by atoms with van der Waals surface area (Å²) >= 11 is 0. The highest BCUT2D eigenvalue weighted by Crippen LogP contribution is 2.08. The number of carbonyl (C=O) groups is 1. The van der Waals surface area contributed by atoms with Crippen molar-refractivity contribution >= 4 is 5.97 Å². The van der Waals surface area contributed by atoms with Crippen molar-refractivity contribution in [2.45, 2.75) is 90.6 Å². The van der Waals surface area contributed by atoms with E-state index in [-0.39, 0.29) is 12.1 Å². The van der Waals surface area contributed by atoms with Gasteiger partial charge in [-0.05, 0) is 25.7 Å². The lowest BCUT2D eigenvalue weighted by Crippen LogP contribution is -2.07. The van der Waals surface area contributed by atoms with Gasteiger partial charge in [-0.25, -0.2) is 0 Å². The van der Waals surface area contributed by atoms with Crippen molar-refractivity contribution < 1.29 is 14.6 Å². The van der Waals surface area contributed by atoms with Crippen LogP contribution in [0, 0.1) is 0 Å². The summed E-state index contributed by atoms with van der Waals surface area (Å²) in [5, 5.41) is 9.37. The first-order valence-electron chi connectivity index (χ1n) is 8.04. The van der Waals surface area contributed by atoms with Gasteiger partial charge in [-0.3, -0.25) is 4.79 Å². The minimum absolute atomic E-state index is 0.0838. The zero-order chi connectivity index (χ0) is 14.3. The normalized spacial score (nSPS) is 12.4. The van der Waals surface area contributed by atoms with Gasteiger partial charge in [0.1, 0.15) is 0 Å². The van der Waals surface area contributed by atoms with Gasteiger partial charge in [0.25, 0.3) is 0 Å². The smallest absolute Gasteiger partial charge is 0.305 e. The van der Waals surface area contributed by atoms with Gasteiger partial charge < -0.3 is 9.84 Å². The van der Waals surface area contributed by atoms with Crippen LogP contribution in [-0.2, 0) is 9.53 Å². The number of aliphatic hydroxyl groups excluding tert-OH is 1. The van der Waals surface area contributed by atoms with Crippen LogP contribution in [0.15, 0.2) is 0 Å². The number of rotatable bonds is 13. The fourth-order valence-electron chi connectivity index (χ4n) is 1.99. The predicted octanol–water partition coefficient (Wildman–Crippen LogP) is 4.22. The summed E-state index contributed by atoms with van der Waals surface area (Å²) < 4.78 is 5.18. The Balaban J connectivity index is 3.21. The Morgan fingerprint density at radius 1 is 1.00 bits per heavy atom. The lowest BCUT2D eigenvalue weighted by atomic mass is 10.1. The summed E-state index contributed by atoms with van der Waals surface area (Å²) in [6.07, 6.45) is 10.9. The summed E-state index contributed by atoms with van der Waals surface area (Å²) in [5.41, 5.74) is 0. The lowest BCUT2D eigenvalue weighted by molar-refractivity contribution is -0.143. The Kier molecular flexibility index (Phi) is 13.4. The Labute approximate surface area is 118 Å². The highest BCUT2D eigenvalue weighted by Gasteiger charge is 2.04. The molecule has 0 aromatic rings. The van der Waals surface area contributed by atoms with Crippen LogP contribution in [-0.4, -0.2) is 23.8 Å². The summed E-state index contributed by atoms with van der Waals surface area (Å²) in [5.74, 6) is -0.0838. The first kappa shape index (κ1) is 18.4. The maximum Gasteiger partial charge on any atom is 0.305 e. The van der Waals surface area contributed by atoms with Crippen LogP contribution in [0.1, 0.15) is 84.5 Å². The molecule has 0 spiro atoms. The number of hydrogen-bond acceptors (Lipinski definition) is 3. The molecular weight excluding hydrogens is 240 g/mol. The number of ether oxygens (including phenoxy) is 1. The Hall–Kier alpha value is -0.570. The average molecular weight is 272 g/mol. The van der Waals surface area contributed by atoms with Gasteiger partial charge >= 0.3 is 5.97 Å². The molecule has 0 saturated carbocycles. The largest absolute Gasteiger partial charge is 0.466 e. The van der Waals surface area contributed by atoms with Crippen molar-refractivity contribution in [3.63, 3.8) is 0 Å². The molecule has 0 heterocycles. The SMILES string of the molecule is CCCCCCCCOC(=O)CCCCC(O)CC. The molecule has 0 amide bonds. The van der Waals surface area contributed by atoms with Crippen LogP contribution in [0.2, 0.25) is 0 Å². The first-order valence-corrected chi connectivity index (χ1v) is 8.04. The molecule has 1 atom stereocenters. The minimum atomic E-state index is -0.209. The lowest BCUT2D eigenvalue weighted by Gasteiger charge is -2.07. The van der Waals surface area contributed by atoms with E-state index in [1.54, 1.807) is 0 Å². The molecule has 0 fully saturated rings. The zero-order valence-electron chi connectivity index (χ0n) is 12.8. The molecule has 1 unspecified atom stereocenters. The third-order valence-corrected chi connectivity index (χ3v) is 3.40. The van der Waals surface area contributed by atoms with Crippen molar-refractivity contribution in [3.05, 3.63) is 0 Å². The maximum absolute atomic E-state index is 11.4. The fraction of sp³-hybridized carbons (Fsp3) is 0.938. The molecule has 0 radical (unpaired) electrons. The van der Waals surface area contributed by atoms with E-state index in [0.717, 1.165) is 38.5 Å². The Morgan fingerprint density at radius 3 is 2.37 bits per heavy atom. The number of aliphatic hydroxyl groups is 1. The molecule has 0 saturated heterocycles. The van der Waals surface area contributed by atoms with Gasteiger partial charge in [-0.1, -0.05) is 52.4 Å². The number of hydrogen-bond donors (Lipinski definition) is 1. The number of esters is 1. The van der Waals surface area contributed by atoms with Crippen LogP contribution in [0.3, 0.4) is 0 Å². The van der Waals surface area contributed by atoms with Gasteiger partial charge in [0.15, 0.2) is 0 Å². The quantitative estimate of drug-likeness (QED) is 0.403. The van der Waals surface area contributed by atoms with Crippen LogP contribution in [0.5, 0.6) is 0 Å². The van der Waals surface area contributed by atoms with Crippen molar-refractivity contribution in [2.75, 3.05) is 6.61 Å². The zero-order valence-corrected chi connectivity index (χ0v) is 12.8. The van der Waals surface area contributed by atoms with Crippen LogP contribution in [0.25, 0.3) is 0 Å². The van der Waals surface area contributed by atoms with E-state index in [1.165, 1.54) is 25.7 Å². The monoisotopic (exact) mass is 272 g/mol. The molecule has 0 aromatic heterocycles. The standard InChI is InChI=1S/C16H32O3/c1-3-5-6-7-8-11-14-19-16(18)13-10-9-12-15(17)4-2/h15,17H,3-14H2,1-2H3. The van der Waals surface area contributed by atoms with Gasteiger partial charge in [0.05, 0.1) is 12.7 Å². The fourth-order valence-corrected chi connectivity index (χ4v) is 1.99. The van der Waals surface area contributed by atoms with Crippen molar-refractivity contribution in [3.8, 4) is 0 Å². The van der Waals surface area contributed by atoms with Gasteiger partial charge in [-0.15, -0.1) is 0 Å². The highest BCUT2D eigenvalue weighted by molar-refractivity contribution is 5.69. The first-order chi connectivity index (χ1) is 9.20. The van der Waals surface area contributed by atoms with Gasteiger partial charge in [0, 0.05) is 6.42 Å². The second-order valence-electron chi connectivity index (χ2n) is 5.30. The molecule has 0 aliphatic rings. The second-order valence-corrected chi connectivity index (χ2v) is 5.30. The Bertz CT molecular complexity index is 204. The minimum Gasteiger partial charge on any atom is -0.466 e. The number of carbonyl (C=O) groups excluding carboxylic acids is 1. The van der Waals surface area contributed by atoms with Crippen LogP contribution >= 0.6 is 0 Å². The molecule has 0 aromatic carbocycles. The van der Waals surface area contributed by atoms with Gasteiger partial charge in [-0.2, -0.15) is 0 Å². The topological polar surface area (TPSA) is 46.5 Å².